The maximum absolute atomic E-state index is 5.33. The average molecular weight is 192 g/mol. The molecular formula is C12H16O2. The van der Waals surface area contributed by atoms with Crippen molar-refractivity contribution in [1.29, 1.82) is 0 Å². The van der Waals surface area contributed by atoms with Gasteiger partial charge in [0.25, 0.3) is 0 Å². The zero-order chi connectivity index (χ0) is 10.2. The molecule has 2 heteroatoms. The molecule has 1 heterocycles. The summed E-state index contributed by atoms with van der Waals surface area (Å²) < 4.78 is 10.7. The molecule has 1 aliphatic carbocycles. The summed E-state index contributed by atoms with van der Waals surface area (Å²) in [4.78, 5) is 0. The third-order valence-corrected chi connectivity index (χ3v) is 3.10. The average Bonchev–Trinajstić information content (AvgIpc) is 2.53. The normalized spacial score (nSPS) is 23.1. The van der Waals surface area contributed by atoms with Crippen molar-refractivity contribution in [3.05, 3.63) is 35.8 Å². The molecule has 1 aliphatic heterocycles. The molecule has 0 N–H and O–H groups in total. The molecule has 0 aromatic carbocycles. The van der Waals surface area contributed by atoms with Gasteiger partial charge in [-0.2, -0.15) is 0 Å². The summed E-state index contributed by atoms with van der Waals surface area (Å²) >= 11 is 0. The molecule has 0 saturated carbocycles. The number of hydrogen-bond acceptors (Lipinski definition) is 2. The van der Waals surface area contributed by atoms with Crippen LogP contribution in [0, 0.1) is 11.3 Å². The highest BCUT2D eigenvalue weighted by atomic mass is 16.7. The molecule has 2 rings (SSSR count). The van der Waals surface area contributed by atoms with E-state index in [9.17, 15) is 0 Å². The summed E-state index contributed by atoms with van der Waals surface area (Å²) in [6.07, 6.45) is 8.40. The third kappa shape index (κ3) is 1.45. The molecule has 0 atom stereocenters. The highest BCUT2D eigenvalue weighted by molar-refractivity contribution is 5.33. The van der Waals surface area contributed by atoms with E-state index in [-0.39, 0.29) is 5.41 Å². The van der Waals surface area contributed by atoms with Crippen LogP contribution >= 0.6 is 0 Å². The fourth-order valence-corrected chi connectivity index (χ4v) is 1.51. The third-order valence-electron chi connectivity index (χ3n) is 3.10. The zero-order valence-corrected chi connectivity index (χ0v) is 8.91. The van der Waals surface area contributed by atoms with Gasteiger partial charge in [0.05, 0.1) is 0 Å². The lowest BCUT2D eigenvalue weighted by molar-refractivity contribution is 0.0773. The van der Waals surface area contributed by atoms with Crippen LogP contribution in [0.25, 0.3) is 0 Å². The smallest absolute Gasteiger partial charge is 0.231 e. The maximum Gasteiger partial charge on any atom is 0.231 e. The summed E-state index contributed by atoms with van der Waals surface area (Å²) in [5.41, 5.74) is 0.0943. The SMILES string of the molecule is CC(C)C1(C)C=CC2=C(C=C1)OCO2. The maximum atomic E-state index is 5.33. The second-order valence-corrected chi connectivity index (χ2v) is 4.32. The Morgan fingerprint density at radius 3 is 2.07 bits per heavy atom. The van der Waals surface area contributed by atoms with Gasteiger partial charge in [0.2, 0.25) is 6.79 Å². The molecule has 0 aromatic rings. The molecule has 0 bridgehead atoms. The van der Waals surface area contributed by atoms with E-state index in [4.69, 9.17) is 9.47 Å². The van der Waals surface area contributed by atoms with Gasteiger partial charge in [-0.05, 0) is 18.1 Å². The summed E-state index contributed by atoms with van der Waals surface area (Å²) in [5, 5.41) is 0. The van der Waals surface area contributed by atoms with Crippen LogP contribution in [0.2, 0.25) is 0 Å². The minimum Gasteiger partial charge on any atom is -0.454 e. The first-order chi connectivity index (χ1) is 6.62. The van der Waals surface area contributed by atoms with E-state index < -0.39 is 0 Å². The van der Waals surface area contributed by atoms with Crippen molar-refractivity contribution >= 4 is 0 Å². The van der Waals surface area contributed by atoms with E-state index in [1.165, 1.54) is 0 Å². The Morgan fingerprint density at radius 2 is 1.64 bits per heavy atom. The first kappa shape index (κ1) is 9.38. The first-order valence-corrected chi connectivity index (χ1v) is 5.00. The Balaban J connectivity index is 2.30. The summed E-state index contributed by atoms with van der Waals surface area (Å²) in [6.45, 7) is 6.99. The van der Waals surface area contributed by atoms with Crippen LogP contribution in [0.5, 0.6) is 0 Å². The molecule has 2 nitrogen and oxygen atoms in total. The van der Waals surface area contributed by atoms with Gasteiger partial charge in [0, 0.05) is 5.41 Å². The Morgan fingerprint density at radius 1 is 1.14 bits per heavy atom. The van der Waals surface area contributed by atoms with Gasteiger partial charge in [-0.1, -0.05) is 32.9 Å². The number of ether oxygens (including phenoxy) is 2. The fraction of sp³-hybridized carbons (Fsp3) is 0.500. The number of hydrogen-bond donors (Lipinski definition) is 0. The van der Waals surface area contributed by atoms with Gasteiger partial charge in [-0.3, -0.25) is 0 Å². The quantitative estimate of drug-likeness (QED) is 0.636. The number of rotatable bonds is 1. The monoisotopic (exact) mass is 192 g/mol. The molecule has 76 valence electrons. The largest absolute Gasteiger partial charge is 0.454 e. The molecule has 0 fully saturated rings. The Kier molecular flexibility index (Phi) is 2.14. The van der Waals surface area contributed by atoms with Gasteiger partial charge in [-0.15, -0.1) is 0 Å². The highest BCUT2D eigenvalue weighted by Gasteiger charge is 2.26. The van der Waals surface area contributed by atoms with Crippen LogP contribution < -0.4 is 0 Å². The second-order valence-electron chi connectivity index (χ2n) is 4.32. The van der Waals surface area contributed by atoms with Gasteiger partial charge < -0.3 is 9.47 Å². The fourth-order valence-electron chi connectivity index (χ4n) is 1.51. The van der Waals surface area contributed by atoms with E-state index in [0.717, 1.165) is 11.5 Å². The molecule has 2 aliphatic rings. The van der Waals surface area contributed by atoms with Crippen LogP contribution in [-0.4, -0.2) is 6.79 Å². The van der Waals surface area contributed by atoms with Crippen molar-refractivity contribution in [3.63, 3.8) is 0 Å². The first-order valence-electron chi connectivity index (χ1n) is 5.00. The van der Waals surface area contributed by atoms with Crippen molar-refractivity contribution in [3.8, 4) is 0 Å². The molecule has 0 amide bonds. The van der Waals surface area contributed by atoms with Crippen molar-refractivity contribution < 1.29 is 9.47 Å². The van der Waals surface area contributed by atoms with E-state index in [2.05, 4.69) is 32.9 Å². The van der Waals surface area contributed by atoms with Gasteiger partial charge in [-0.25, -0.2) is 0 Å². The van der Waals surface area contributed by atoms with Crippen molar-refractivity contribution in [2.75, 3.05) is 6.79 Å². The van der Waals surface area contributed by atoms with Crippen molar-refractivity contribution in [1.82, 2.24) is 0 Å². The van der Waals surface area contributed by atoms with Gasteiger partial charge in [0.1, 0.15) is 0 Å². The second kappa shape index (κ2) is 3.19. The molecule has 0 unspecified atom stereocenters. The Labute approximate surface area is 84.9 Å². The Bertz CT molecular complexity index is 297. The summed E-state index contributed by atoms with van der Waals surface area (Å²) in [5.74, 6) is 2.27. The number of allylic oxidation sites excluding steroid dienone is 4. The predicted octanol–water partition coefficient (Wildman–Crippen LogP) is 2.99. The van der Waals surface area contributed by atoms with Gasteiger partial charge in [0.15, 0.2) is 11.5 Å². The van der Waals surface area contributed by atoms with Crippen LogP contribution in [-0.2, 0) is 9.47 Å². The predicted molar refractivity (Wildman–Crippen MR) is 55.3 cm³/mol. The van der Waals surface area contributed by atoms with Crippen LogP contribution in [0.4, 0.5) is 0 Å². The molecule has 0 aromatic heterocycles. The molecule has 0 radical (unpaired) electrons. The minimum atomic E-state index is 0.0943. The van der Waals surface area contributed by atoms with Crippen molar-refractivity contribution in [2.45, 2.75) is 20.8 Å². The standard InChI is InChI=1S/C12H16O2/c1-9(2)12(3)6-4-10-11(5-7-12)14-8-13-10/h4-7,9H,8H2,1-3H3. The Hall–Kier alpha value is -1.18. The molecule has 14 heavy (non-hydrogen) atoms. The summed E-state index contributed by atoms with van der Waals surface area (Å²) in [7, 11) is 0. The van der Waals surface area contributed by atoms with Gasteiger partial charge >= 0.3 is 0 Å². The van der Waals surface area contributed by atoms with E-state index in [1.54, 1.807) is 0 Å². The lowest BCUT2D eigenvalue weighted by Crippen LogP contribution is -2.17. The van der Waals surface area contributed by atoms with Crippen LogP contribution in [0.15, 0.2) is 35.8 Å². The lowest BCUT2D eigenvalue weighted by Gasteiger charge is -2.26. The molecule has 0 spiro atoms. The minimum absolute atomic E-state index is 0.0943. The van der Waals surface area contributed by atoms with Crippen LogP contribution in [0.3, 0.4) is 0 Å². The van der Waals surface area contributed by atoms with Crippen LogP contribution in [0.1, 0.15) is 20.8 Å². The van der Waals surface area contributed by atoms with E-state index >= 15 is 0 Å². The topological polar surface area (TPSA) is 18.5 Å². The lowest BCUT2D eigenvalue weighted by atomic mass is 9.79. The summed E-state index contributed by atoms with van der Waals surface area (Å²) in [6, 6.07) is 0. The van der Waals surface area contributed by atoms with E-state index in [1.807, 2.05) is 12.2 Å². The molecular weight excluding hydrogens is 176 g/mol. The zero-order valence-electron chi connectivity index (χ0n) is 8.91. The highest BCUT2D eigenvalue weighted by Crippen LogP contribution is 2.35. The van der Waals surface area contributed by atoms with Crippen molar-refractivity contribution in [2.24, 2.45) is 11.3 Å². The van der Waals surface area contributed by atoms with E-state index in [0.29, 0.717) is 12.7 Å². The molecule has 0 saturated heterocycles.